The Morgan fingerprint density at radius 2 is 2.04 bits per heavy atom. The van der Waals surface area contributed by atoms with Gasteiger partial charge in [-0.1, -0.05) is 42.1 Å². The largest absolute Gasteiger partial charge is 0.338 e. The summed E-state index contributed by atoms with van der Waals surface area (Å²) in [7, 11) is 1.70. The van der Waals surface area contributed by atoms with Crippen molar-refractivity contribution < 1.29 is 4.79 Å². The minimum atomic E-state index is -0.326. The van der Waals surface area contributed by atoms with Gasteiger partial charge in [-0.2, -0.15) is 0 Å². The number of amides is 1. The maximum Gasteiger partial charge on any atom is 0.271 e. The van der Waals surface area contributed by atoms with Crippen LogP contribution < -0.4 is 5.56 Å². The predicted molar refractivity (Wildman–Crippen MR) is 108 cm³/mol. The van der Waals surface area contributed by atoms with E-state index in [0.29, 0.717) is 28.5 Å². The summed E-state index contributed by atoms with van der Waals surface area (Å²) in [6.45, 7) is 5.06. The molecule has 0 bridgehead atoms. The van der Waals surface area contributed by atoms with Gasteiger partial charge in [0.1, 0.15) is 4.70 Å². The maximum atomic E-state index is 12.9. The monoisotopic (exact) mass is 387 g/mol. The van der Waals surface area contributed by atoms with E-state index in [1.165, 1.54) is 27.7 Å². The summed E-state index contributed by atoms with van der Waals surface area (Å²) < 4.78 is 2.18. The van der Waals surface area contributed by atoms with Crippen LogP contribution in [0.3, 0.4) is 0 Å². The molecule has 0 spiro atoms. The molecule has 0 saturated heterocycles. The highest BCUT2D eigenvalue weighted by molar-refractivity contribution is 8.00. The van der Waals surface area contributed by atoms with Crippen LogP contribution in [0.1, 0.15) is 19.4 Å². The van der Waals surface area contributed by atoms with Crippen molar-refractivity contribution in [3.05, 3.63) is 57.7 Å². The third kappa shape index (κ3) is 3.83. The first-order valence-electron chi connectivity index (χ1n) is 8.44. The molecule has 0 aliphatic heterocycles. The van der Waals surface area contributed by atoms with Gasteiger partial charge in [0, 0.05) is 20.1 Å². The molecule has 136 valence electrons. The number of rotatable bonds is 6. The SMILES string of the molecule is CCN(Cc1ccccc1)C(=O)C(C)Sc1nc2ccsc2c(=O)n1C. The molecule has 0 fully saturated rings. The Bertz CT molecular complexity index is 966. The molecule has 3 aromatic rings. The number of carbonyl (C=O) groups is 1. The van der Waals surface area contributed by atoms with E-state index >= 15 is 0 Å². The van der Waals surface area contributed by atoms with Crippen molar-refractivity contribution in [3.8, 4) is 0 Å². The molecule has 0 radical (unpaired) electrons. The van der Waals surface area contributed by atoms with E-state index in [2.05, 4.69) is 4.98 Å². The highest BCUT2D eigenvalue weighted by atomic mass is 32.2. The Morgan fingerprint density at radius 1 is 1.31 bits per heavy atom. The van der Waals surface area contributed by atoms with Crippen molar-refractivity contribution >= 4 is 39.2 Å². The van der Waals surface area contributed by atoms with E-state index in [-0.39, 0.29) is 16.7 Å². The Labute approximate surface area is 160 Å². The number of benzene rings is 1. The van der Waals surface area contributed by atoms with Crippen LogP contribution in [-0.4, -0.2) is 32.2 Å². The smallest absolute Gasteiger partial charge is 0.271 e. The first kappa shape index (κ1) is 18.7. The van der Waals surface area contributed by atoms with Crippen molar-refractivity contribution in [1.29, 1.82) is 0 Å². The lowest BCUT2D eigenvalue weighted by atomic mass is 10.2. The third-order valence-corrected chi connectivity index (χ3v) is 6.21. The molecule has 2 aromatic heterocycles. The van der Waals surface area contributed by atoms with Gasteiger partial charge in [0.15, 0.2) is 5.16 Å². The van der Waals surface area contributed by atoms with Gasteiger partial charge in [-0.25, -0.2) is 4.98 Å². The zero-order valence-electron chi connectivity index (χ0n) is 15.0. The van der Waals surface area contributed by atoms with Crippen molar-refractivity contribution in [2.75, 3.05) is 6.54 Å². The number of aromatic nitrogens is 2. The summed E-state index contributed by atoms with van der Waals surface area (Å²) >= 11 is 2.72. The van der Waals surface area contributed by atoms with Crippen LogP contribution in [0, 0.1) is 0 Å². The van der Waals surface area contributed by atoms with E-state index in [1.54, 1.807) is 7.05 Å². The summed E-state index contributed by atoms with van der Waals surface area (Å²) in [5.41, 5.74) is 1.73. The Kier molecular flexibility index (Phi) is 5.78. The average Bonchev–Trinajstić information content (AvgIpc) is 3.12. The second-order valence-electron chi connectivity index (χ2n) is 5.99. The average molecular weight is 388 g/mol. The molecular weight excluding hydrogens is 366 g/mol. The highest BCUT2D eigenvalue weighted by Gasteiger charge is 2.23. The van der Waals surface area contributed by atoms with Gasteiger partial charge >= 0.3 is 0 Å². The van der Waals surface area contributed by atoms with Crippen molar-refractivity contribution in [1.82, 2.24) is 14.5 Å². The van der Waals surface area contributed by atoms with Crippen molar-refractivity contribution in [3.63, 3.8) is 0 Å². The van der Waals surface area contributed by atoms with Crippen LogP contribution in [0.25, 0.3) is 10.2 Å². The van der Waals surface area contributed by atoms with E-state index in [1.807, 2.05) is 60.5 Å². The lowest BCUT2D eigenvalue weighted by Gasteiger charge is -2.24. The first-order valence-corrected chi connectivity index (χ1v) is 10.2. The first-order chi connectivity index (χ1) is 12.5. The number of thioether (sulfide) groups is 1. The fourth-order valence-corrected chi connectivity index (χ4v) is 4.45. The molecule has 3 rings (SSSR count). The zero-order chi connectivity index (χ0) is 18.7. The molecule has 2 heterocycles. The molecule has 0 saturated carbocycles. The second-order valence-corrected chi connectivity index (χ2v) is 8.22. The fraction of sp³-hybridized carbons (Fsp3) is 0.316. The van der Waals surface area contributed by atoms with Gasteiger partial charge in [0.25, 0.3) is 5.56 Å². The molecule has 0 aliphatic carbocycles. The Morgan fingerprint density at radius 3 is 2.73 bits per heavy atom. The summed E-state index contributed by atoms with van der Waals surface area (Å²) in [6, 6.07) is 11.8. The van der Waals surface area contributed by atoms with Crippen molar-refractivity contribution in [2.24, 2.45) is 7.05 Å². The minimum Gasteiger partial charge on any atom is -0.338 e. The van der Waals surface area contributed by atoms with Gasteiger partial charge in [0.2, 0.25) is 5.91 Å². The molecule has 7 heteroatoms. The summed E-state index contributed by atoms with van der Waals surface area (Å²) in [4.78, 5) is 31.7. The second kappa shape index (κ2) is 8.05. The van der Waals surface area contributed by atoms with Gasteiger partial charge in [0.05, 0.1) is 10.8 Å². The Hall–Kier alpha value is -2.12. The van der Waals surface area contributed by atoms with Crippen LogP contribution in [-0.2, 0) is 18.4 Å². The number of fused-ring (bicyclic) bond motifs is 1. The van der Waals surface area contributed by atoms with Crippen LogP contribution in [0.2, 0.25) is 0 Å². The number of hydrogen-bond donors (Lipinski definition) is 0. The van der Waals surface area contributed by atoms with Gasteiger partial charge in [-0.15, -0.1) is 11.3 Å². The predicted octanol–water partition coefficient (Wildman–Crippen LogP) is 3.52. The third-order valence-electron chi connectivity index (χ3n) is 4.19. The number of thiophene rings is 1. The lowest BCUT2D eigenvalue weighted by Crippen LogP contribution is -2.36. The molecule has 0 N–H and O–H groups in total. The highest BCUT2D eigenvalue weighted by Crippen LogP contribution is 2.25. The number of carbonyl (C=O) groups excluding carboxylic acids is 1. The molecule has 1 aromatic carbocycles. The van der Waals surface area contributed by atoms with Crippen LogP contribution >= 0.6 is 23.1 Å². The van der Waals surface area contributed by atoms with Crippen LogP contribution in [0.15, 0.2) is 51.7 Å². The summed E-state index contributed by atoms with van der Waals surface area (Å²) in [5, 5.41) is 2.10. The molecule has 26 heavy (non-hydrogen) atoms. The molecule has 1 amide bonds. The molecule has 5 nitrogen and oxygen atoms in total. The standard InChI is InChI=1S/C19H21N3O2S2/c1-4-22(12-14-8-6-5-7-9-14)17(23)13(2)26-19-20-15-10-11-25-16(15)18(24)21(19)3/h5-11,13H,4,12H2,1-3H3. The number of hydrogen-bond acceptors (Lipinski definition) is 5. The number of nitrogens with zero attached hydrogens (tertiary/aromatic N) is 3. The maximum absolute atomic E-state index is 12.9. The van der Waals surface area contributed by atoms with Crippen molar-refractivity contribution in [2.45, 2.75) is 30.8 Å². The quantitative estimate of drug-likeness (QED) is 0.480. The van der Waals surface area contributed by atoms with Crippen LogP contribution in [0.5, 0.6) is 0 Å². The molecule has 0 aliphatic rings. The van der Waals surface area contributed by atoms with E-state index in [9.17, 15) is 9.59 Å². The normalized spacial score (nSPS) is 12.3. The van der Waals surface area contributed by atoms with E-state index in [4.69, 9.17) is 0 Å². The molecule has 1 unspecified atom stereocenters. The summed E-state index contributed by atoms with van der Waals surface area (Å²) in [6.07, 6.45) is 0. The van der Waals surface area contributed by atoms with Gasteiger partial charge in [-0.05, 0) is 30.9 Å². The van der Waals surface area contributed by atoms with Crippen LogP contribution in [0.4, 0.5) is 0 Å². The molecular formula is C19H21N3O2S2. The molecule has 1 atom stereocenters. The fourth-order valence-electron chi connectivity index (χ4n) is 2.69. The van der Waals surface area contributed by atoms with Gasteiger partial charge < -0.3 is 4.90 Å². The Balaban J connectivity index is 1.78. The topological polar surface area (TPSA) is 55.2 Å². The minimum absolute atomic E-state index is 0.0426. The van der Waals surface area contributed by atoms with Gasteiger partial charge in [-0.3, -0.25) is 14.2 Å². The van der Waals surface area contributed by atoms with E-state index < -0.39 is 0 Å². The zero-order valence-corrected chi connectivity index (χ0v) is 16.6. The summed E-state index contributed by atoms with van der Waals surface area (Å²) in [5.74, 6) is 0.0426. The lowest BCUT2D eigenvalue weighted by molar-refractivity contribution is -0.130. The van der Waals surface area contributed by atoms with E-state index in [0.717, 1.165) is 5.56 Å².